The summed E-state index contributed by atoms with van der Waals surface area (Å²) in [7, 11) is -3.96. The van der Waals surface area contributed by atoms with Crippen LogP contribution in [0.1, 0.15) is 28.8 Å². The number of hydrogen-bond acceptors (Lipinski definition) is 5. The Bertz CT molecular complexity index is 959. The predicted molar refractivity (Wildman–Crippen MR) is 105 cm³/mol. The fourth-order valence-corrected chi connectivity index (χ4v) is 3.54. The van der Waals surface area contributed by atoms with Crippen molar-refractivity contribution in [3.05, 3.63) is 102 Å². The third-order valence-electron chi connectivity index (χ3n) is 4.30. The van der Waals surface area contributed by atoms with E-state index in [9.17, 15) is 8.42 Å². The van der Waals surface area contributed by atoms with E-state index in [0.29, 0.717) is 0 Å². The molecule has 3 rings (SSSR count). The molecule has 3 N–H and O–H groups in total. The Morgan fingerprint density at radius 3 is 1.89 bits per heavy atom. The number of nitrogens with two attached hydrogens (primary N) is 1. The van der Waals surface area contributed by atoms with Crippen molar-refractivity contribution >= 4 is 10.1 Å². The van der Waals surface area contributed by atoms with Gasteiger partial charge in [-0.15, -0.1) is 0 Å². The fourth-order valence-electron chi connectivity index (χ4n) is 2.74. The van der Waals surface area contributed by atoms with E-state index in [1.807, 2.05) is 67.6 Å². The average Bonchev–Trinajstić information content (AvgIpc) is 2.70. The molecule has 0 heterocycles. The lowest BCUT2D eigenvalue weighted by Crippen LogP contribution is -2.33. The highest BCUT2D eigenvalue weighted by molar-refractivity contribution is 7.86. The molecule has 0 fully saturated rings. The van der Waals surface area contributed by atoms with Crippen molar-refractivity contribution in [1.82, 2.24) is 5.48 Å². The van der Waals surface area contributed by atoms with E-state index >= 15 is 0 Å². The average molecular weight is 382 g/mol. The molecule has 0 bridgehead atoms. The van der Waals surface area contributed by atoms with Crippen LogP contribution in [0.15, 0.2) is 89.8 Å². The van der Waals surface area contributed by atoms with Gasteiger partial charge in [-0.25, -0.2) is 0 Å². The van der Waals surface area contributed by atoms with Crippen LogP contribution in [0.5, 0.6) is 0 Å². The topological polar surface area (TPSA) is 81.4 Å². The van der Waals surface area contributed by atoms with E-state index in [1.165, 1.54) is 12.1 Å². The molecule has 6 heteroatoms. The first-order valence-electron chi connectivity index (χ1n) is 8.58. The minimum absolute atomic E-state index is 0.0840. The molecular weight excluding hydrogens is 360 g/mol. The third-order valence-corrected chi connectivity index (χ3v) is 5.46. The minimum Gasteiger partial charge on any atom is -0.322 e. The summed E-state index contributed by atoms with van der Waals surface area (Å²) in [6.07, 6.45) is 0. The number of rotatable bonds is 7. The quantitative estimate of drug-likeness (QED) is 0.610. The minimum atomic E-state index is -3.96. The van der Waals surface area contributed by atoms with Crippen molar-refractivity contribution in [1.29, 1.82) is 0 Å². The van der Waals surface area contributed by atoms with Gasteiger partial charge in [-0.05, 0) is 30.2 Å². The summed E-state index contributed by atoms with van der Waals surface area (Å²) in [4.78, 5) is 0.0840. The summed E-state index contributed by atoms with van der Waals surface area (Å²) >= 11 is 0. The van der Waals surface area contributed by atoms with Gasteiger partial charge in [0.2, 0.25) is 0 Å². The lowest BCUT2D eigenvalue weighted by Gasteiger charge is -2.25. The van der Waals surface area contributed by atoms with Crippen LogP contribution in [0.2, 0.25) is 0 Å². The Morgan fingerprint density at radius 1 is 0.815 bits per heavy atom. The van der Waals surface area contributed by atoms with Crippen LogP contribution in [0.25, 0.3) is 0 Å². The maximum atomic E-state index is 12.5. The second-order valence-corrected chi connectivity index (χ2v) is 7.84. The SMILES string of the molecule is Cc1ccc(S(=O)(=O)ON[C@@H](c2ccccc2)[C@@H](N)c2ccccc2)cc1. The molecule has 0 saturated heterocycles. The lowest BCUT2D eigenvalue weighted by atomic mass is 9.95. The van der Waals surface area contributed by atoms with Crippen molar-refractivity contribution in [3.8, 4) is 0 Å². The molecule has 5 nitrogen and oxygen atoms in total. The standard InChI is InChI=1S/C21H22N2O3S/c1-16-12-14-19(15-13-16)27(24,25)26-23-21(18-10-6-3-7-11-18)20(22)17-8-4-2-5-9-17/h2-15,20-21,23H,22H2,1H3/t20-,21-/m0/s1. The fraction of sp³-hybridized carbons (Fsp3) is 0.143. The van der Waals surface area contributed by atoms with Gasteiger partial charge >= 0.3 is 10.1 Å². The monoisotopic (exact) mass is 382 g/mol. The van der Waals surface area contributed by atoms with Gasteiger partial charge in [0.1, 0.15) is 0 Å². The molecule has 0 radical (unpaired) electrons. The molecule has 0 spiro atoms. The van der Waals surface area contributed by atoms with Gasteiger partial charge in [0.25, 0.3) is 0 Å². The Balaban J connectivity index is 1.85. The number of benzene rings is 3. The Hall–Kier alpha value is -2.51. The van der Waals surface area contributed by atoms with Crippen molar-refractivity contribution < 1.29 is 12.7 Å². The van der Waals surface area contributed by atoms with E-state index in [0.717, 1.165) is 16.7 Å². The molecule has 0 amide bonds. The summed E-state index contributed by atoms with van der Waals surface area (Å²) < 4.78 is 30.2. The van der Waals surface area contributed by atoms with Gasteiger partial charge in [0, 0.05) is 0 Å². The zero-order chi connectivity index (χ0) is 19.3. The molecular formula is C21H22N2O3S. The highest BCUT2D eigenvalue weighted by atomic mass is 32.2. The maximum absolute atomic E-state index is 12.5. The van der Waals surface area contributed by atoms with Gasteiger partial charge in [0.05, 0.1) is 17.0 Å². The van der Waals surface area contributed by atoms with Gasteiger partial charge in [0.15, 0.2) is 0 Å². The molecule has 2 atom stereocenters. The molecule has 140 valence electrons. The molecule has 27 heavy (non-hydrogen) atoms. The summed E-state index contributed by atoms with van der Waals surface area (Å²) in [6.45, 7) is 1.89. The highest BCUT2D eigenvalue weighted by Crippen LogP contribution is 2.27. The molecule has 0 aliphatic carbocycles. The van der Waals surface area contributed by atoms with Gasteiger partial charge in [-0.1, -0.05) is 78.4 Å². The smallest absolute Gasteiger partial charge is 0.312 e. The summed E-state index contributed by atoms with van der Waals surface area (Å²) in [5.41, 5.74) is 11.8. The first kappa shape index (κ1) is 19.3. The third kappa shape index (κ3) is 4.81. The molecule has 0 unspecified atom stereocenters. The van der Waals surface area contributed by atoms with Gasteiger partial charge in [-0.2, -0.15) is 18.2 Å². The molecule has 0 aromatic heterocycles. The van der Waals surface area contributed by atoms with Crippen molar-refractivity contribution in [2.75, 3.05) is 0 Å². The van der Waals surface area contributed by atoms with Gasteiger partial charge < -0.3 is 5.73 Å². The largest absolute Gasteiger partial charge is 0.322 e. The first-order chi connectivity index (χ1) is 13.0. The second-order valence-electron chi connectivity index (χ2n) is 6.29. The molecule has 0 saturated carbocycles. The number of nitrogens with one attached hydrogen (secondary N) is 1. The van der Waals surface area contributed by atoms with E-state index in [-0.39, 0.29) is 4.90 Å². The van der Waals surface area contributed by atoms with Crippen LogP contribution in [0, 0.1) is 6.92 Å². The van der Waals surface area contributed by atoms with E-state index in [2.05, 4.69) is 5.48 Å². The Kier molecular flexibility index (Phi) is 6.03. The van der Waals surface area contributed by atoms with Crippen molar-refractivity contribution in [2.45, 2.75) is 23.9 Å². The van der Waals surface area contributed by atoms with Crippen LogP contribution in [0.3, 0.4) is 0 Å². The summed E-state index contributed by atoms with van der Waals surface area (Å²) in [6, 6.07) is 24.3. The highest BCUT2D eigenvalue weighted by Gasteiger charge is 2.25. The Morgan fingerprint density at radius 2 is 1.33 bits per heavy atom. The van der Waals surface area contributed by atoms with Crippen LogP contribution in [0.4, 0.5) is 0 Å². The van der Waals surface area contributed by atoms with Crippen LogP contribution in [-0.2, 0) is 14.4 Å². The zero-order valence-corrected chi connectivity index (χ0v) is 15.8. The maximum Gasteiger partial charge on any atom is 0.312 e. The summed E-state index contributed by atoms with van der Waals surface area (Å²) in [5.74, 6) is 0. The van der Waals surface area contributed by atoms with Crippen LogP contribution < -0.4 is 11.2 Å². The Labute approximate surface area is 159 Å². The van der Waals surface area contributed by atoms with Crippen molar-refractivity contribution in [3.63, 3.8) is 0 Å². The van der Waals surface area contributed by atoms with Crippen LogP contribution >= 0.6 is 0 Å². The molecule has 0 aliphatic heterocycles. The van der Waals surface area contributed by atoms with E-state index in [4.69, 9.17) is 10.0 Å². The predicted octanol–water partition coefficient (Wildman–Crippen LogP) is 3.65. The number of hydrogen-bond donors (Lipinski definition) is 2. The summed E-state index contributed by atoms with van der Waals surface area (Å²) in [5, 5.41) is 0. The van der Waals surface area contributed by atoms with E-state index < -0.39 is 22.2 Å². The number of aryl methyl sites for hydroxylation is 1. The second kappa shape index (κ2) is 8.45. The first-order valence-corrected chi connectivity index (χ1v) is 9.99. The van der Waals surface area contributed by atoms with Gasteiger partial charge in [-0.3, -0.25) is 0 Å². The normalized spacial score (nSPS) is 13.9. The van der Waals surface area contributed by atoms with Crippen molar-refractivity contribution in [2.24, 2.45) is 5.73 Å². The molecule has 3 aromatic rings. The number of hydroxylamine groups is 1. The molecule has 0 aliphatic rings. The van der Waals surface area contributed by atoms with E-state index in [1.54, 1.807) is 12.1 Å². The lowest BCUT2D eigenvalue weighted by molar-refractivity contribution is 0.149. The zero-order valence-electron chi connectivity index (χ0n) is 14.9. The van der Waals surface area contributed by atoms with Crippen LogP contribution in [-0.4, -0.2) is 8.42 Å². The molecule has 3 aromatic carbocycles.